The van der Waals surface area contributed by atoms with Gasteiger partial charge < -0.3 is 10.1 Å². The van der Waals surface area contributed by atoms with Gasteiger partial charge in [-0.3, -0.25) is 0 Å². The summed E-state index contributed by atoms with van der Waals surface area (Å²) in [4.78, 5) is 8.85. The predicted octanol–water partition coefficient (Wildman–Crippen LogP) is 3.95. The maximum absolute atomic E-state index is 5.46. The molecule has 0 aliphatic heterocycles. The minimum absolute atomic E-state index is 0.459. The van der Waals surface area contributed by atoms with Crippen molar-refractivity contribution in [2.75, 3.05) is 11.9 Å². The van der Waals surface area contributed by atoms with Crippen LogP contribution in [0.4, 0.5) is 5.95 Å². The zero-order chi connectivity index (χ0) is 14.1. The van der Waals surface area contributed by atoms with Crippen LogP contribution in [0.25, 0.3) is 0 Å². The van der Waals surface area contributed by atoms with Gasteiger partial charge in [-0.15, -0.1) is 0 Å². The molecule has 0 fully saturated rings. The topological polar surface area (TPSA) is 47.0 Å². The van der Waals surface area contributed by atoms with Crippen molar-refractivity contribution in [1.29, 1.82) is 0 Å². The molecule has 1 rings (SSSR count). The molecule has 0 spiro atoms. The number of nitrogens with zero attached hydrogens (tertiary/aromatic N) is 2. The molecule has 0 saturated carbocycles. The molecule has 0 amide bonds. The van der Waals surface area contributed by atoms with Crippen molar-refractivity contribution < 1.29 is 4.74 Å². The Hall–Kier alpha value is -1.32. The average molecular weight is 265 g/mol. The van der Waals surface area contributed by atoms with Crippen LogP contribution in [0.2, 0.25) is 0 Å². The minimum Gasteiger partial charge on any atom is -0.478 e. The van der Waals surface area contributed by atoms with Gasteiger partial charge in [0.05, 0.1) is 6.61 Å². The molecule has 0 bridgehead atoms. The molecular formula is C15H27N3O. The molecule has 0 aliphatic rings. The summed E-state index contributed by atoms with van der Waals surface area (Å²) in [5.41, 5.74) is 0.937. The third-order valence-corrected chi connectivity index (χ3v) is 3.00. The van der Waals surface area contributed by atoms with E-state index in [1.165, 1.54) is 25.7 Å². The summed E-state index contributed by atoms with van der Waals surface area (Å²) < 4.78 is 5.46. The third kappa shape index (κ3) is 5.90. The van der Waals surface area contributed by atoms with Crippen molar-refractivity contribution in [1.82, 2.24) is 9.97 Å². The first-order valence-corrected chi connectivity index (χ1v) is 7.44. The molecule has 4 nitrogen and oxygen atoms in total. The Bertz CT molecular complexity index is 368. The normalized spacial score (nSPS) is 12.2. The number of hydrogen-bond acceptors (Lipinski definition) is 4. The maximum Gasteiger partial charge on any atom is 0.226 e. The maximum atomic E-state index is 5.46. The van der Waals surface area contributed by atoms with Gasteiger partial charge >= 0.3 is 0 Å². The minimum atomic E-state index is 0.459. The molecule has 0 aromatic carbocycles. The van der Waals surface area contributed by atoms with Crippen LogP contribution in [0.15, 0.2) is 6.07 Å². The van der Waals surface area contributed by atoms with Gasteiger partial charge in [-0.25, -0.2) is 4.98 Å². The van der Waals surface area contributed by atoms with Crippen molar-refractivity contribution in [3.05, 3.63) is 11.8 Å². The monoisotopic (exact) mass is 265 g/mol. The highest BCUT2D eigenvalue weighted by molar-refractivity contribution is 5.31. The van der Waals surface area contributed by atoms with Crippen molar-refractivity contribution >= 4 is 5.95 Å². The summed E-state index contributed by atoms with van der Waals surface area (Å²) in [5, 5.41) is 3.45. The largest absolute Gasteiger partial charge is 0.478 e. The number of anilines is 1. The molecule has 1 heterocycles. The van der Waals surface area contributed by atoms with Gasteiger partial charge in [0, 0.05) is 17.8 Å². The molecule has 1 N–H and O–H groups in total. The van der Waals surface area contributed by atoms with E-state index in [0.717, 1.165) is 12.1 Å². The highest BCUT2D eigenvalue weighted by Gasteiger charge is 2.10. The van der Waals surface area contributed by atoms with Gasteiger partial charge in [0.1, 0.15) is 0 Å². The first kappa shape index (κ1) is 15.7. The lowest BCUT2D eigenvalue weighted by molar-refractivity contribution is 0.326. The van der Waals surface area contributed by atoms with E-state index in [1.54, 1.807) is 0 Å². The Kier molecular flexibility index (Phi) is 7.23. The van der Waals surface area contributed by atoms with E-state index in [1.807, 2.05) is 19.9 Å². The molecule has 1 aromatic heterocycles. The number of hydrogen-bond donors (Lipinski definition) is 1. The van der Waals surface area contributed by atoms with E-state index < -0.39 is 0 Å². The van der Waals surface area contributed by atoms with Gasteiger partial charge in [-0.05, 0) is 26.7 Å². The van der Waals surface area contributed by atoms with E-state index in [2.05, 4.69) is 29.1 Å². The summed E-state index contributed by atoms with van der Waals surface area (Å²) in [6.07, 6.45) is 5.96. The van der Waals surface area contributed by atoms with Gasteiger partial charge in [-0.2, -0.15) is 4.98 Å². The molecular weight excluding hydrogens is 238 g/mol. The van der Waals surface area contributed by atoms with Gasteiger partial charge in [0.25, 0.3) is 0 Å². The summed E-state index contributed by atoms with van der Waals surface area (Å²) in [6.45, 7) is 8.99. The van der Waals surface area contributed by atoms with Gasteiger partial charge in [0.2, 0.25) is 11.8 Å². The molecule has 0 aliphatic carbocycles. The number of ether oxygens (including phenoxy) is 1. The number of aromatic nitrogens is 2. The predicted molar refractivity (Wildman–Crippen MR) is 79.8 cm³/mol. The first-order valence-electron chi connectivity index (χ1n) is 7.44. The zero-order valence-electron chi connectivity index (χ0n) is 12.7. The van der Waals surface area contributed by atoms with Crippen LogP contribution in [0, 0.1) is 6.92 Å². The summed E-state index contributed by atoms with van der Waals surface area (Å²) >= 11 is 0. The lowest BCUT2D eigenvalue weighted by Gasteiger charge is -2.18. The van der Waals surface area contributed by atoms with Crippen LogP contribution in [0.1, 0.15) is 58.6 Å². The highest BCUT2D eigenvalue weighted by Crippen LogP contribution is 2.16. The SMILES string of the molecule is CCCCC(CCC)Nc1nc(C)cc(OCC)n1. The van der Waals surface area contributed by atoms with E-state index in [4.69, 9.17) is 4.74 Å². The Morgan fingerprint density at radius 3 is 2.58 bits per heavy atom. The number of nitrogens with one attached hydrogen (secondary N) is 1. The van der Waals surface area contributed by atoms with Crippen molar-refractivity contribution in [2.24, 2.45) is 0 Å². The second-order valence-electron chi connectivity index (χ2n) is 4.88. The molecule has 0 saturated heterocycles. The fourth-order valence-electron chi connectivity index (χ4n) is 2.10. The Morgan fingerprint density at radius 2 is 1.95 bits per heavy atom. The average Bonchev–Trinajstić information content (AvgIpc) is 2.36. The van der Waals surface area contributed by atoms with Crippen LogP contribution in [-0.4, -0.2) is 22.6 Å². The summed E-state index contributed by atoms with van der Waals surface area (Å²) in [6, 6.07) is 2.33. The van der Waals surface area contributed by atoms with E-state index in [9.17, 15) is 0 Å². The highest BCUT2D eigenvalue weighted by atomic mass is 16.5. The number of aryl methyl sites for hydroxylation is 1. The Labute approximate surface area is 117 Å². The third-order valence-electron chi connectivity index (χ3n) is 3.00. The molecule has 19 heavy (non-hydrogen) atoms. The Balaban J connectivity index is 2.71. The zero-order valence-corrected chi connectivity index (χ0v) is 12.7. The summed E-state index contributed by atoms with van der Waals surface area (Å²) in [5.74, 6) is 1.35. The van der Waals surface area contributed by atoms with Crippen LogP contribution in [0.3, 0.4) is 0 Å². The standard InChI is InChI=1S/C15H27N3O/c1-5-8-10-13(9-6-2)17-15-16-12(4)11-14(18-15)19-7-3/h11,13H,5-10H2,1-4H3,(H,16,17,18). The van der Waals surface area contributed by atoms with Crippen LogP contribution in [-0.2, 0) is 0 Å². The Morgan fingerprint density at radius 1 is 1.16 bits per heavy atom. The van der Waals surface area contributed by atoms with E-state index in [-0.39, 0.29) is 0 Å². The second kappa shape index (κ2) is 8.73. The van der Waals surface area contributed by atoms with Crippen LogP contribution >= 0.6 is 0 Å². The molecule has 4 heteroatoms. The van der Waals surface area contributed by atoms with Crippen molar-refractivity contribution in [3.63, 3.8) is 0 Å². The molecule has 1 unspecified atom stereocenters. The summed E-state index contributed by atoms with van der Waals surface area (Å²) in [7, 11) is 0. The van der Waals surface area contributed by atoms with Crippen LogP contribution in [0.5, 0.6) is 5.88 Å². The lowest BCUT2D eigenvalue weighted by atomic mass is 10.1. The molecule has 108 valence electrons. The van der Waals surface area contributed by atoms with E-state index in [0.29, 0.717) is 24.5 Å². The number of rotatable bonds is 9. The quantitative estimate of drug-likeness (QED) is 0.734. The first-order chi connectivity index (χ1) is 9.19. The van der Waals surface area contributed by atoms with Crippen molar-refractivity contribution in [3.8, 4) is 5.88 Å². The molecule has 1 aromatic rings. The van der Waals surface area contributed by atoms with E-state index >= 15 is 0 Å². The van der Waals surface area contributed by atoms with Crippen molar-refractivity contribution in [2.45, 2.75) is 65.8 Å². The fraction of sp³-hybridized carbons (Fsp3) is 0.733. The number of unbranched alkanes of at least 4 members (excludes halogenated alkanes) is 1. The fourth-order valence-corrected chi connectivity index (χ4v) is 2.10. The van der Waals surface area contributed by atoms with Crippen LogP contribution < -0.4 is 10.1 Å². The smallest absolute Gasteiger partial charge is 0.226 e. The van der Waals surface area contributed by atoms with Gasteiger partial charge in [-0.1, -0.05) is 33.1 Å². The lowest BCUT2D eigenvalue weighted by Crippen LogP contribution is -2.21. The molecule has 0 radical (unpaired) electrons. The second-order valence-corrected chi connectivity index (χ2v) is 4.88. The molecule has 1 atom stereocenters. The van der Waals surface area contributed by atoms with Gasteiger partial charge in [0.15, 0.2) is 0 Å².